The first kappa shape index (κ1) is 13.7. The van der Waals surface area contributed by atoms with Crippen molar-refractivity contribution in [2.45, 2.75) is 6.54 Å². The van der Waals surface area contributed by atoms with E-state index in [0.717, 1.165) is 10.0 Å². The van der Waals surface area contributed by atoms with Crippen LogP contribution in [0.15, 0.2) is 40.9 Å². The highest BCUT2D eigenvalue weighted by Gasteiger charge is 2.07. The highest BCUT2D eigenvalue weighted by molar-refractivity contribution is 9.10. The maximum Gasteiger partial charge on any atom is 0.146 e. The first-order valence-corrected chi connectivity index (χ1v) is 6.76. The Morgan fingerprint density at radius 3 is 2.39 bits per heavy atom. The summed E-state index contributed by atoms with van der Waals surface area (Å²) in [4.78, 5) is 0. The van der Waals surface area contributed by atoms with Crippen LogP contribution in [0.3, 0.4) is 0 Å². The number of benzene rings is 2. The molecule has 0 spiro atoms. The third kappa shape index (κ3) is 3.18. The number of ether oxygens (including phenoxy) is 1. The number of hydrogen-bond acceptors (Lipinski definition) is 2. The van der Waals surface area contributed by atoms with Crippen molar-refractivity contribution < 1.29 is 4.74 Å². The van der Waals surface area contributed by atoms with Crippen LogP contribution in [0.5, 0.6) is 11.5 Å². The molecule has 0 amide bonds. The number of rotatable bonds is 3. The van der Waals surface area contributed by atoms with Crippen molar-refractivity contribution in [2.24, 2.45) is 5.73 Å². The number of hydrogen-bond donors (Lipinski definition) is 1. The van der Waals surface area contributed by atoms with E-state index in [2.05, 4.69) is 15.9 Å². The van der Waals surface area contributed by atoms with Crippen molar-refractivity contribution in [3.8, 4) is 11.5 Å². The number of halogens is 3. The second-order valence-corrected chi connectivity index (χ2v) is 5.34. The van der Waals surface area contributed by atoms with Crippen molar-refractivity contribution in [3.63, 3.8) is 0 Å². The zero-order valence-corrected chi connectivity index (χ0v) is 12.4. The lowest BCUT2D eigenvalue weighted by molar-refractivity contribution is 0.479. The van der Waals surface area contributed by atoms with E-state index < -0.39 is 0 Å². The minimum Gasteiger partial charge on any atom is -0.455 e. The van der Waals surface area contributed by atoms with E-state index in [1.54, 1.807) is 18.2 Å². The van der Waals surface area contributed by atoms with E-state index in [0.29, 0.717) is 28.1 Å². The van der Waals surface area contributed by atoms with Gasteiger partial charge >= 0.3 is 0 Å². The summed E-state index contributed by atoms with van der Waals surface area (Å²) in [7, 11) is 0. The highest BCUT2D eigenvalue weighted by Crippen LogP contribution is 2.35. The van der Waals surface area contributed by atoms with E-state index in [-0.39, 0.29) is 0 Å². The van der Waals surface area contributed by atoms with E-state index in [1.165, 1.54) is 0 Å². The van der Waals surface area contributed by atoms with Gasteiger partial charge in [-0.05, 0) is 51.8 Å². The summed E-state index contributed by atoms with van der Waals surface area (Å²) in [6.07, 6.45) is 0. The second kappa shape index (κ2) is 5.93. The van der Waals surface area contributed by atoms with Crippen molar-refractivity contribution in [1.29, 1.82) is 0 Å². The molecule has 2 aromatic carbocycles. The van der Waals surface area contributed by atoms with Gasteiger partial charge in [-0.3, -0.25) is 0 Å². The van der Waals surface area contributed by atoms with Crippen molar-refractivity contribution >= 4 is 39.1 Å². The molecule has 0 saturated heterocycles. The van der Waals surface area contributed by atoms with Crippen molar-refractivity contribution in [3.05, 3.63) is 56.5 Å². The standard InChI is InChI=1S/C13H10BrCl2NO/c14-10-5-8(7-17)1-3-12(10)18-13-4-2-9(15)6-11(13)16/h1-6H,7,17H2. The molecule has 18 heavy (non-hydrogen) atoms. The largest absolute Gasteiger partial charge is 0.455 e. The highest BCUT2D eigenvalue weighted by atomic mass is 79.9. The Bertz CT molecular complexity index is 575. The molecule has 0 aliphatic carbocycles. The molecular formula is C13H10BrCl2NO. The summed E-state index contributed by atoms with van der Waals surface area (Å²) < 4.78 is 6.55. The van der Waals surface area contributed by atoms with Gasteiger partial charge in [-0.1, -0.05) is 29.3 Å². The fraction of sp³-hybridized carbons (Fsp3) is 0.0769. The summed E-state index contributed by atoms with van der Waals surface area (Å²) >= 11 is 15.3. The fourth-order valence-electron chi connectivity index (χ4n) is 1.43. The molecule has 2 N–H and O–H groups in total. The molecule has 0 saturated carbocycles. The van der Waals surface area contributed by atoms with Gasteiger partial charge in [0, 0.05) is 11.6 Å². The van der Waals surface area contributed by atoms with Gasteiger partial charge < -0.3 is 10.5 Å². The van der Waals surface area contributed by atoms with Gasteiger partial charge in [-0.25, -0.2) is 0 Å². The predicted molar refractivity (Wildman–Crippen MR) is 78.6 cm³/mol. The van der Waals surface area contributed by atoms with Crippen LogP contribution in [0.2, 0.25) is 10.0 Å². The van der Waals surface area contributed by atoms with Crippen LogP contribution in [0.1, 0.15) is 5.56 Å². The third-order valence-corrected chi connectivity index (χ3v) is 3.50. The van der Waals surface area contributed by atoms with Gasteiger partial charge in [0.1, 0.15) is 11.5 Å². The molecule has 0 atom stereocenters. The molecule has 0 bridgehead atoms. The fourth-order valence-corrected chi connectivity index (χ4v) is 2.38. The van der Waals surface area contributed by atoms with Gasteiger partial charge in [0.2, 0.25) is 0 Å². The van der Waals surface area contributed by atoms with Crippen LogP contribution < -0.4 is 10.5 Å². The maximum absolute atomic E-state index is 6.05. The zero-order valence-electron chi connectivity index (χ0n) is 9.29. The third-order valence-electron chi connectivity index (χ3n) is 2.35. The molecule has 2 aromatic rings. The Morgan fingerprint density at radius 2 is 1.78 bits per heavy atom. The van der Waals surface area contributed by atoms with Gasteiger partial charge in [-0.2, -0.15) is 0 Å². The minimum absolute atomic E-state index is 0.470. The maximum atomic E-state index is 6.05. The van der Waals surface area contributed by atoms with Crippen molar-refractivity contribution in [2.75, 3.05) is 0 Å². The Labute approximate surface area is 124 Å². The monoisotopic (exact) mass is 345 g/mol. The summed E-state index contributed by atoms with van der Waals surface area (Å²) in [5.74, 6) is 1.23. The van der Waals surface area contributed by atoms with E-state index in [1.807, 2.05) is 18.2 Å². The minimum atomic E-state index is 0.470. The summed E-state index contributed by atoms with van der Waals surface area (Å²) in [5.41, 5.74) is 6.59. The SMILES string of the molecule is NCc1ccc(Oc2ccc(Cl)cc2Cl)c(Br)c1. The van der Waals surface area contributed by atoms with Crippen LogP contribution in [-0.4, -0.2) is 0 Å². The van der Waals surface area contributed by atoms with Crippen LogP contribution in [-0.2, 0) is 6.54 Å². The topological polar surface area (TPSA) is 35.2 Å². The van der Waals surface area contributed by atoms with Gasteiger partial charge in [0.25, 0.3) is 0 Å². The average Bonchev–Trinajstić information content (AvgIpc) is 2.34. The second-order valence-electron chi connectivity index (χ2n) is 3.65. The summed E-state index contributed by atoms with van der Waals surface area (Å²) in [6, 6.07) is 10.8. The lowest BCUT2D eigenvalue weighted by Crippen LogP contribution is -1.96. The molecule has 2 nitrogen and oxygen atoms in total. The lowest BCUT2D eigenvalue weighted by atomic mass is 10.2. The molecule has 0 aromatic heterocycles. The van der Waals surface area contributed by atoms with Crippen LogP contribution in [0.25, 0.3) is 0 Å². The molecule has 0 fully saturated rings. The number of nitrogens with two attached hydrogens (primary N) is 1. The quantitative estimate of drug-likeness (QED) is 0.848. The molecule has 94 valence electrons. The summed E-state index contributed by atoms with van der Waals surface area (Å²) in [6.45, 7) is 0.487. The molecule has 2 rings (SSSR count). The van der Waals surface area contributed by atoms with Crippen LogP contribution >= 0.6 is 39.1 Å². The lowest BCUT2D eigenvalue weighted by Gasteiger charge is -2.10. The smallest absolute Gasteiger partial charge is 0.146 e. The molecule has 0 heterocycles. The normalized spacial score (nSPS) is 10.4. The molecular weight excluding hydrogens is 337 g/mol. The van der Waals surface area contributed by atoms with E-state index >= 15 is 0 Å². The molecule has 0 aliphatic heterocycles. The van der Waals surface area contributed by atoms with Gasteiger partial charge in [0.15, 0.2) is 0 Å². The van der Waals surface area contributed by atoms with Crippen LogP contribution in [0.4, 0.5) is 0 Å². The van der Waals surface area contributed by atoms with Gasteiger partial charge in [-0.15, -0.1) is 0 Å². The van der Waals surface area contributed by atoms with Gasteiger partial charge in [0.05, 0.1) is 9.50 Å². The summed E-state index contributed by atoms with van der Waals surface area (Å²) in [5, 5.41) is 1.04. The molecule has 0 radical (unpaired) electrons. The van der Waals surface area contributed by atoms with Crippen LogP contribution in [0, 0.1) is 0 Å². The van der Waals surface area contributed by atoms with E-state index in [4.69, 9.17) is 33.7 Å². The Morgan fingerprint density at radius 1 is 1.06 bits per heavy atom. The Balaban J connectivity index is 2.28. The predicted octanol–water partition coefficient (Wildman–Crippen LogP) is 5.01. The Kier molecular flexibility index (Phi) is 4.51. The molecule has 0 unspecified atom stereocenters. The first-order chi connectivity index (χ1) is 8.60. The average molecular weight is 347 g/mol. The molecule has 0 aliphatic rings. The van der Waals surface area contributed by atoms with Crippen molar-refractivity contribution in [1.82, 2.24) is 0 Å². The van der Waals surface area contributed by atoms with E-state index in [9.17, 15) is 0 Å². The first-order valence-electron chi connectivity index (χ1n) is 5.21. The zero-order chi connectivity index (χ0) is 13.1. The Hall–Kier alpha value is -0.740. The molecule has 5 heteroatoms.